The molecule has 0 aliphatic carbocycles. The molecule has 0 saturated heterocycles. The van der Waals surface area contributed by atoms with Crippen molar-refractivity contribution >= 4 is 22.6 Å². The molecule has 124 valence electrons. The summed E-state index contributed by atoms with van der Waals surface area (Å²) in [5.41, 5.74) is 3.46. The van der Waals surface area contributed by atoms with Gasteiger partial charge in [-0.05, 0) is 26.8 Å². The lowest BCUT2D eigenvalue weighted by Crippen LogP contribution is -2.16. The minimum Gasteiger partial charge on any atom is -0.462 e. The first-order valence-electron chi connectivity index (χ1n) is 7.81. The zero-order valence-electron chi connectivity index (χ0n) is 13.8. The number of nitrogens with zero attached hydrogens (tertiary/aromatic N) is 3. The number of hydrogen-bond acceptors (Lipinski definition) is 6. The van der Waals surface area contributed by atoms with Gasteiger partial charge in [0.05, 0.1) is 35.9 Å². The normalized spacial score (nSPS) is 11.0. The number of carbonyl (C=O) groups is 1. The lowest BCUT2D eigenvalue weighted by atomic mass is 10.1. The maximum absolute atomic E-state index is 12.3. The van der Waals surface area contributed by atoms with Crippen molar-refractivity contribution in [3.63, 3.8) is 0 Å². The highest BCUT2D eigenvalue weighted by Gasteiger charge is 2.18. The topological polar surface area (TPSA) is 92.8 Å². The summed E-state index contributed by atoms with van der Waals surface area (Å²) in [5, 5.41) is 10.9. The van der Waals surface area contributed by atoms with Gasteiger partial charge in [-0.25, -0.2) is 4.79 Å². The molecular formula is C17H19N5O2. The predicted molar refractivity (Wildman–Crippen MR) is 91.8 cm³/mol. The number of aromatic nitrogens is 4. The van der Waals surface area contributed by atoms with Crippen LogP contribution in [0.25, 0.3) is 22.2 Å². The van der Waals surface area contributed by atoms with E-state index in [-0.39, 0.29) is 6.04 Å². The van der Waals surface area contributed by atoms with Gasteiger partial charge in [-0.15, -0.1) is 0 Å². The smallest absolute Gasteiger partial charge is 0.341 e. The second-order valence-electron chi connectivity index (χ2n) is 5.64. The number of hydrogen-bond donors (Lipinski definition) is 2. The van der Waals surface area contributed by atoms with Crippen LogP contribution in [-0.4, -0.2) is 38.8 Å². The van der Waals surface area contributed by atoms with E-state index in [0.717, 1.165) is 16.6 Å². The van der Waals surface area contributed by atoms with E-state index in [1.807, 2.05) is 19.9 Å². The third kappa shape index (κ3) is 3.05. The van der Waals surface area contributed by atoms with Crippen LogP contribution in [0.5, 0.6) is 0 Å². The van der Waals surface area contributed by atoms with Gasteiger partial charge in [-0.1, -0.05) is 0 Å². The summed E-state index contributed by atoms with van der Waals surface area (Å²) in [6.07, 6.45) is 6.70. The number of ether oxygens (including phenoxy) is 1. The van der Waals surface area contributed by atoms with Crippen molar-refractivity contribution in [3.8, 4) is 11.3 Å². The van der Waals surface area contributed by atoms with E-state index in [4.69, 9.17) is 4.74 Å². The maximum atomic E-state index is 12.3. The van der Waals surface area contributed by atoms with Crippen molar-refractivity contribution in [1.29, 1.82) is 0 Å². The summed E-state index contributed by atoms with van der Waals surface area (Å²) in [5.74, 6) is -0.392. The molecule has 3 rings (SSSR count). The Morgan fingerprint density at radius 1 is 1.29 bits per heavy atom. The fourth-order valence-electron chi connectivity index (χ4n) is 2.45. The quantitative estimate of drug-likeness (QED) is 0.701. The van der Waals surface area contributed by atoms with Crippen molar-refractivity contribution in [2.75, 3.05) is 11.9 Å². The highest BCUT2D eigenvalue weighted by Crippen LogP contribution is 2.30. The molecule has 7 nitrogen and oxygen atoms in total. The molecule has 0 bridgehead atoms. The third-order valence-electron chi connectivity index (χ3n) is 3.48. The Balaban J connectivity index is 2.20. The Bertz CT molecular complexity index is 859. The molecule has 0 unspecified atom stereocenters. The molecule has 0 aliphatic heterocycles. The number of esters is 1. The van der Waals surface area contributed by atoms with E-state index < -0.39 is 5.97 Å². The van der Waals surface area contributed by atoms with E-state index in [1.165, 1.54) is 6.20 Å². The molecule has 0 fully saturated rings. The molecule has 7 heteroatoms. The molecular weight excluding hydrogens is 306 g/mol. The van der Waals surface area contributed by atoms with Crippen LogP contribution >= 0.6 is 0 Å². The summed E-state index contributed by atoms with van der Waals surface area (Å²) in [7, 11) is 0. The molecule has 0 aromatic carbocycles. The van der Waals surface area contributed by atoms with Crippen LogP contribution in [0.1, 0.15) is 31.1 Å². The van der Waals surface area contributed by atoms with Gasteiger partial charge in [-0.2, -0.15) is 5.10 Å². The minimum atomic E-state index is -0.392. The van der Waals surface area contributed by atoms with Gasteiger partial charge < -0.3 is 10.1 Å². The molecule has 24 heavy (non-hydrogen) atoms. The van der Waals surface area contributed by atoms with Gasteiger partial charge in [0.2, 0.25) is 0 Å². The lowest BCUT2D eigenvalue weighted by molar-refractivity contribution is 0.0527. The van der Waals surface area contributed by atoms with Gasteiger partial charge in [-0.3, -0.25) is 15.1 Å². The van der Waals surface area contributed by atoms with Crippen molar-refractivity contribution < 1.29 is 9.53 Å². The van der Waals surface area contributed by atoms with Crippen LogP contribution in [0, 0.1) is 0 Å². The fourth-order valence-corrected chi connectivity index (χ4v) is 2.45. The van der Waals surface area contributed by atoms with Crippen LogP contribution in [-0.2, 0) is 4.74 Å². The Morgan fingerprint density at radius 3 is 2.79 bits per heavy atom. The Morgan fingerprint density at radius 2 is 2.12 bits per heavy atom. The molecule has 0 aliphatic rings. The number of aromatic amines is 1. The van der Waals surface area contributed by atoms with Gasteiger partial charge in [0.15, 0.2) is 0 Å². The van der Waals surface area contributed by atoms with Crippen molar-refractivity contribution in [3.05, 3.63) is 36.4 Å². The molecule has 3 aromatic rings. The summed E-state index contributed by atoms with van der Waals surface area (Å²) in [6.45, 7) is 6.12. The van der Waals surface area contributed by atoms with Crippen LogP contribution in [0.4, 0.5) is 5.69 Å². The monoisotopic (exact) mass is 325 g/mol. The molecule has 2 N–H and O–H groups in total. The molecule has 0 saturated carbocycles. The van der Waals surface area contributed by atoms with Crippen LogP contribution in [0.2, 0.25) is 0 Å². The maximum Gasteiger partial charge on any atom is 0.341 e. The Hall–Kier alpha value is -2.96. The van der Waals surface area contributed by atoms with Gasteiger partial charge in [0, 0.05) is 29.4 Å². The number of nitrogens with one attached hydrogen (secondary N) is 2. The zero-order valence-corrected chi connectivity index (χ0v) is 13.8. The highest BCUT2D eigenvalue weighted by atomic mass is 16.5. The Kier molecular flexibility index (Phi) is 4.41. The molecule has 0 atom stereocenters. The Labute approximate surface area is 139 Å². The lowest BCUT2D eigenvalue weighted by Gasteiger charge is -2.16. The second kappa shape index (κ2) is 6.66. The zero-order chi connectivity index (χ0) is 17.1. The number of anilines is 1. The number of pyridine rings is 2. The second-order valence-corrected chi connectivity index (χ2v) is 5.64. The van der Waals surface area contributed by atoms with Gasteiger partial charge in [0.25, 0.3) is 0 Å². The molecule has 0 amide bonds. The molecule has 0 radical (unpaired) electrons. The first-order valence-corrected chi connectivity index (χ1v) is 7.81. The highest BCUT2D eigenvalue weighted by molar-refractivity contribution is 6.05. The molecule has 3 aromatic heterocycles. The summed E-state index contributed by atoms with van der Waals surface area (Å²) in [4.78, 5) is 21.0. The number of H-pyrrole nitrogens is 1. The van der Waals surface area contributed by atoms with E-state index in [9.17, 15) is 4.79 Å². The molecule has 0 spiro atoms. The largest absolute Gasteiger partial charge is 0.462 e. The summed E-state index contributed by atoms with van der Waals surface area (Å²) < 4.78 is 5.15. The number of rotatable bonds is 5. The van der Waals surface area contributed by atoms with Crippen molar-refractivity contribution in [2.45, 2.75) is 26.8 Å². The number of fused-ring (bicyclic) bond motifs is 1. The van der Waals surface area contributed by atoms with E-state index >= 15 is 0 Å². The molecule has 3 heterocycles. The van der Waals surface area contributed by atoms with Crippen LogP contribution in [0.15, 0.2) is 30.9 Å². The van der Waals surface area contributed by atoms with Crippen LogP contribution in [0.3, 0.4) is 0 Å². The SMILES string of the molecule is CCOC(=O)c1cnc2cnc(-c3cn[nH]c3)cc2c1NC(C)C. The third-order valence-corrected chi connectivity index (χ3v) is 3.48. The van der Waals surface area contributed by atoms with Crippen LogP contribution < -0.4 is 5.32 Å². The van der Waals surface area contributed by atoms with Gasteiger partial charge >= 0.3 is 5.97 Å². The van der Waals surface area contributed by atoms with Gasteiger partial charge in [0.1, 0.15) is 5.56 Å². The first kappa shape index (κ1) is 15.9. The average molecular weight is 325 g/mol. The summed E-state index contributed by atoms with van der Waals surface area (Å²) in [6, 6.07) is 2.05. The number of carbonyl (C=O) groups excluding carboxylic acids is 1. The van der Waals surface area contributed by atoms with E-state index in [2.05, 4.69) is 25.5 Å². The fraction of sp³-hybridized carbons (Fsp3) is 0.294. The average Bonchev–Trinajstić information content (AvgIpc) is 3.09. The minimum absolute atomic E-state index is 0.148. The first-order chi connectivity index (χ1) is 11.6. The van der Waals surface area contributed by atoms with Crippen molar-refractivity contribution in [1.82, 2.24) is 20.2 Å². The predicted octanol–water partition coefficient (Wildman–Crippen LogP) is 3.02. The van der Waals surface area contributed by atoms with E-state index in [0.29, 0.717) is 23.4 Å². The van der Waals surface area contributed by atoms with E-state index in [1.54, 1.807) is 25.5 Å². The summed E-state index contributed by atoms with van der Waals surface area (Å²) >= 11 is 0. The standard InChI is InChI=1S/C17H19N5O2/c1-4-24-17(23)13-8-18-15-9-19-14(11-6-20-21-7-11)5-12(15)16(13)22-10(2)3/h5-10H,4H2,1-3H3,(H,18,22)(H,20,21). The van der Waals surface area contributed by atoms with Crippen molar-refractivity contribution in [2.24, 2.45) is 0 Å².